The maximum Gasteiger partial charge on any atom is 0.140 e. The van der Waals surface area contributed by atoms with E-state index in [0.717, 1.165) is 16.6 Å². The van der Waals surface area contributed by atoms with Crippen LogP contribution < -0.4 is 0 Å². The number of fused-ring (bicyclic) bond motifs is 1. The summed E-state index contributed by atoms with van der Waals surface area (Å²) in [6.07, 6.45) is 6.20. The molecule has 2 aromatic heterocycles. The number of benzene rings is 2. The van der Waals surface area contributed by atoms with Gasteiger partial charge in [0.05, 0.1) is 11.2 Å². The summed E-state index contributed by atoms with van der Waals surface area (Å²) in [6.45, 7) is 0. The van der Waals surface area contributed by atoms with Gasteiger partial charge < -0.3 is 5.11 Å². The highest BCUT2D eigenvalue weighted by Crippen LogP contribution is 2.27. The Morgan fingerprint density at radius 2 is 1.81 bits per heavy atom. The van der Waals surface area contributed by atoms with Crippen molar-refractivity contribution in [2.24, 2.45) is 0 Å². The highest BCUT2D eigenvalue weighted by Gasteiger charge is 2.10. The second-order valence-corrected chi connectivity index (χ2v) is 5.99. The molecule has 4 aromatic rings. The number of rotatable bonds is 3. The van der Waals surface area contributed by atoms with Gasteiger partial charge in [-0.2, -0.15) is 5.10 Å². The van der Waals surface area contributed by atoms with Crippen molar-refractivity contribution in [1.82, 2.24) is 9.61 Å². The lowest BCUT2D eigenvalue weighted by atomic mass is 10.0. The van der Waals surface area contributed by atoms with Crippen LogP contribution in [0.5, 0.6) is 0 Å². The molecule has 0 saturated carbocycles. The SMILES string of the molecule is C#CC(O)c1cccc(-c2ccn3nc(-c4ccccc4F)cc3c2)c1. The van der Waals surface area contributed by atoms with E-state index in [-0.39, 0.29) is 5.82 Å². The Labute approximate surface area is 150 Å². The lowest BCUT2D eigenvalue weighted by molar-refractivity contribution is 0.238. The summed E-state index contributed by atoms with van der Waals surface area (Å²) in [6, 6.07) is 19.8. The van der Waals surface area contributed by atoms with Gasteiger partial charge in [0.25, 0.3) is 0 Å². The van der Waals surface area contributed by atoms with Crippen LogP contribution in [0.15, 0.2) is 72.9 Å². The molecule has 0 aliphatic heterocycles. The summed E-state index contributed by atoms with van der Waals surface area (Å²) in [5.74, 6) is 2.02. The Morgan fingerprint density at radius 3 is 2.62 bits per heavy atom. The number of halogens is 1. The molecule has 0 saturated heterocycles. The van der Waals surface area contributed by atoms with Crippen LogP contribution in [0.1, 0.15) is 11.7 Å². The third-order valence-electron chi connectivity index (χ3n) is 4.31. The van der Waals surface area contributed by atoms with E-state index in [1.165, 1.54) is 6.07 Å². The van der Waals surface area contributed by atoms with Crippen molar-refractivity contribution in [2.45, 2.75) is 6.10 Å². The summed E-state index contributed by atoms with van der Waals surface area (Å²) in [5.41, 5.74) is 4.47. The first-order valence-corrected chi connectivity index (χ1v) is 8.14. The first-order valence-electron chi connectivity index (χ1n) is 8.14. The number of aliphatic hydroxyl groups excluding tert-OH is 1. The number of pyridine rings is 1. The van der Waals surface area contributed by atoms with Crippen LogP contribution >= 0.6 is 0 Å². The lowest BCUT2D eigenvalue weighted by Gasteiger charge is -2.07. The highest BCUT2D eigenvalue weighted by molar-refractivity contribution is 5.73. The zero-order valence-corrected chi connectivity index (χ0v) is 13.8. The van der Waals surface area contributed by atoms with Gasteiger partial charge in [0, 0.05) is 11.8 Å². The quantitative estimate of drug-likeness (QED) is 0.558. The van der Waals surface area contributed by atoms with Gasteiger partial charge >= 0.3 is 0 Å². The number of hydrogen-bond acceptors (Lipinski definition) is 2. The molecule has 0 aliphatic carbocycles. The molecule has 1 unspecified atom stereocenters. The second-order valence-electron chi connectivity index (χ2n) is 5.99. The van der Waals surface area contributed by atoms with Crippen molar-refractivity contribution in [2.75, 3.05) is 0 Å². The summed E-state index contributed by atoms with van der Waals surface area (Å²) in [7, 11) is 0. The Bertz CT molecular complexity index is 1140. The topological polar surface area (TPSA) is 37.5 Å². The predicted molar refractivity (Wildman–Crippen MR) is 99.8 cm³/mol. The molecule has 0 spiro atoms. The molecule has 1 N–H and O–H groups in total. The molecule has 0 fully saturated rings. The minimum absolute atomic E-state index is 0.299. The summed E-state index contributed by atoms with van der Waals surface area (Å²) >= 11 is 0. The molecule has 26 heavy (non-hydrogen) atoms. The van der Waals surface area contributed by atoms with Crippen LogP contribution in [0.25, 0.3) is 27.9 Å². The van der Waals surface area contributed by atoms with Crippen molar-refractivity contribution < 1.29 is 9.50 Å². The predicted octanol–water partition coefficient (Wildman–Crippen LogP) is 4.47. The van der Waals surface area contributed by atoms with E-state index in [4.69, 9.17) is 6.42 Å². The molecule has 0 radical (unpaired) electrons. The van der Waals surface area contributed by atoms with Gasteiger partial charge in [-0.05, 0) is 53.1 Å². The Morgan fingerprint density at radius 1 is 1.00 bits per heavy atom. The zero-order valence-electron chi connectivity index (χ0n) is 13.8. The maximum absolute atomic E-state index is 14.0. The third kappa shape index (κ3) is 2.85. The van der Waals surface area contributed by atoms with E-state index in [1.54, 1.807) is 28.8 Å². The van der Waals surface area contributed by atoms with Crippen LogP contribution in [0.4, 0.5) is 4.39 Å². The Balaban J connectivity index is 1.77. The third-order valence-corrected chi connectivity index (χ3v) is 4.31. The van der Waals surface area contributed by atoms with Gasteiger partial charge in [-0.25, -0.2) is 8.91 Å². The first kappa shape index (κ1) is 16.1. The fourth-order valence-electron chi connectivity index (χ4n) is 2.96. The first-order chi connectivity index (χ1) is 12.7. The van der Waals surface area contributed by atoms with Crippen LogP contribution in [0.2, 0.25) is 0 Å². The molecule has 126 valence electrons. The van der Waals surface area contributed by atoms with Gasteiger partial charge in [0.2, 0.25) is 0 Å². The summed E-state index contributed by atoms with van der Waals surface area (Å²) in [5, 5.41) is 14.3. The molecule has 0 aliphatic rings. The van der Waals surface area contributed by atoms with Crippen LogP contribution in [-0.2, 0) is 0 Å². The number of nitrogens with zero attached hydrogens (tertiary/aromatic N) is 2. The summed E-state index contributed by atoms with van der Waals surface area (Å²) in [4.78, 5) is 0. The lowest BCUT2D eigenvalue weighted by Crippen LogP contribution is -1.93. The van der Waals surface area contributed by atoms with E-state index in [0.29, 0.717) is 16.8 Å². The standard InChI is InChI=1S/C22H15FN2O/c1-2-22(26)17-7-5-6-15(12-17)16-10-11-25-18(13-16)14-21(24-25)19-8-3-4-9-20(19)23/h1,3-14,22,26H. The van der Waals surface area contributed by atoms with E-state index >= 15 is 0 Å². The smallest absolute Gasteiger partial charge is 0.140 e. The largest absolute Gasteiger partial charge is 0.376 e. The number of aliphatic hydroxyl groups is 1. The fourth-order valence-corrected chi connectivity index (χ4v) is 2.96. The molecule has 3 nitrogen and oxygen atoms in total. The normalized spacial score (nSPS) is 12.0. The number of hydrogen-bond donors (Lipinski definition) is 1. The highest BCUT2D eigenvalue weighted by atomic mass is 19.1. The average Bonchev–Trinajstić information content (AvgIpc) is 3.10. The summed E-state index contributed by atoms with van der Waals surface area (Å²) < 4.78 is 15.7. The van der Waals surface area contributed by atoms with Crippen LogP contribution in [0.3, 0.4) is 0 Å². The van der Waals surface area contributed by atoms with Crippen LogP contribution in [0, 0.1) is 18.2 Å². The van der Waals surface area contributed by atoms with Crippen molar-refractivity contribution in [3.63, 3.8) is 0 Å². The molecular formula is C22H15FN2O. The molecule has 0 amide bonds. The molecule has 4 heteroatoms. The zero-order chi connectivity index (χ0) is 18.1. The minimum Gasteiger partial charge on any atom is -0.376 e. The van der Waals surface area contributed by atoms with Gasteiger partial charge in [-0.15, -0.1) is 6.42 Å². The monoisotopic (exact) mass is 342 g/mol. The van der Waals surface area contributed by atoms with Crippen LogP contribution in [-0.4, -0.2) is 14.7 Å². The van der Waals surface area contributed by atoms with Gasteiger partial charge in [-0.3, -0.25) is 0 Å². The average molecular weight is 342 g/mol. The van der Waals surface area contributed by atoms with E-state index in [1.807, 2.05) is 42.6 Å². The van der Waals surface area contributed by atoms with Crippen molar-refractivity contribution >= 4 is 5.52 Å². The minimum atomic E-state index is -0.929. The molecular weight excluding hydrogens is 327 g/mol. The number of aromatic nitrogens is 2. The molecule has 1 atom stereocenters. The Hall–Kier alpha value is -3.42. The van der Waals surface area contributed by atoms with E-state index in [2.05, 4.69) is 11.0 Å². The van der Waals surface area contributed by atoms with Crippen molar-refractivity contribution in [3.8, 4) is 34.7 Å². The van der Waals surface area contributed by atoms with Crippen molar-refractivity contribution in [1.29, 1.82) is 0 Å². The van der Waals surface area contributed by atoms with E-state index < -0.39 is 6.10 Å². The fraction of sp³-hybridized carbons (Fsp3) is 0.0455. The maximum atomic E-state index is 14.0. The van der Waals surface area contributed by atoms with Gasteiger partial charge in [-0.1, -0.05) is 36.3 Å². The Kier molecular flexibility index (Phi) is 4.00. The molecule has 4 rings (SSSR count). The molecule has 2 aromatic carbocycles. The van der Waals surface area contributed by atoms with E-state index in [9.17, 15) is 9.50 Å². The van der Waals surface area contributed by atoms with Gasteiger partial charge in [0.15, 0.2) is 0 Å². The number of terminal acetylenes is 1. The molecule has 0 bridgehead atoms. The van der Waals surface area contributed by atoms with Gasteiger partial charge in [0.1, 0.15) is 11.9 Å². The molecule has 2 heterocycles. The second kappa shape index (κ2) is 6.47. The van der Waals surface area contributed by atoms with Crippen molar-refractivity contribution in [3.05, 3.63) is 84.3 Å².